The highest BCUT2D eigenvalue weighted by Crippen LogP contribution is 2.44. The molecule has 1 N–H and O–H groups in total. The molecule has 0 unspecified atom stereocenters. The Morgan fingerprint density at radius 1 is 0.760 bits per heavy atom. The van der Waals surface area contributed by atoms with Crippen LogP contribution in [0.5, 0.6) is 5.75 Å². The molecule has 2 aromatic rings. The van der Waals surface area contributed by atoms with Crippen molar-refractivity contribution in [3.8, 4) is 5.75 Å². The van der Waals surface area contributed by atoms with Gasteiger partial charge in [-0.25, -0.2) is 0 Å². The second-order valence-corrected chi connectivity index (χ2v) is 8.59. The van der Waals surface area contributed by atoms with Crippen molar-refractivity contribution < 1.29 is 5.11 Å². The van der Waals surface area contributed by atoms with Gasteiger partial charge in [0, 0.05) is 0 Å². The predicted molar refractivity (Wildman–Crippen MR) is 106 cm³/mol. The molecule has 0 radical (unpaired) electrons. The minimum Gasteiger partial charge on any atom is -0.508 e. The molecule has 0 heterocycles. The Kier molecular flexibility index (Phi) is 5.01. The number of hydrogen-bond donors (Lipinski definition) is 1. The lowest BCUT2D eigenvalue weighted by molar-refractivity contribution is 0.158. The molecule has 2 saturated carbocycles. The van der Waals surface area contributed by atoms with Gasteiger partial charge in [0.2, 0.25) is 0 Å². The van der Waals surface area contributed by atoms with Crippen molar-refractivity contribution in [3.05, 3.63) is 42.0 Å². The van der Waals surface area contributed by atoms with E-state index < -0.39 is 0 Å². The standard InChI is InChI=1S/C24H32O/c1-2-17-3-5-18(6-4-17)19-7-9-20(10-8-19)21-11-12-23-16-24(25)14-13-22(23)15-21/h11-20,25H,2-10H2,1H3. The molecule has 0 amide bonds. The van der Waals surface area contributed by atoms with Crippen LogP contribution in [0.25, 0.3) is 10.8 Å². The number of phenolic OH excluding ortho intramolecular Hbond substituents is 1. The van der Waals surface area contributed by atoms with E-state index in [0.29, 0.717) is 5.75 Å². The van der Waals surface area contributed by atoms with E-state index in [2.05, 4.69) is 25.1 Å². The molecule has 2 aliphatic rings. The Labute approximate surface area is 152 Å². The molecular formula is C24H32O. The summed E-state index contributed by atoms with van der Waals surface area (Å²) < 4.78 is 0. The smallest absolute Gasteiger partial charge is 0.116 e. The maximum Gasteiger partial charge on any atom is 0.116 e. The van der Waals surface area contributed by atoms with Crippen molar-refractivity contribution in [2.75, 3.05) is 0 Å². The summed E-state index contributed by atoms with van der Waals surface area (Å²) in [5, 5.41) is 12.0. The minimum absolute atomic E-state index is 0.360. The van der Waals surface area contributed by atoms with Crippen LogP contribution in [-0.2, 0) is 0 Å². The zero-order valence-corrected chi connectivity index (χ0v) is 15.6. The van der Waals surface area contributed by atoms with E-state index >= 15 is 0 Å². The molecule has 0 aliphatic heterocycles. The molecule has 0 saturated heterocycles. The molecule has 25 heavy (non-hydrogen) atoms. The summed E-state index contributed by atoms with van der Waals surface area (Å²) in [7, 11) is 0. The van der Waals surface area contributed by atoms with Gasteiger partial charge < -0.3 is 5.11 Å². The van der Waals surface area contributed by atoms with Gasteiger partial charge in [-0.1, -0.05) is 50.5 Å². The lowest BCUT2D eigenvalue weighted by Crippen LogP contribution is -2.25. The molecule has 0 bridgehead atoms. The Morgan fingerprint density at radius 3 is 2.04 bits per heavy atom. The summed E-state index contributed by atoms with van der Waals surface area (Å²) in [4.78, 5) is 0. The monoisotopic (exact) mass is 336 g/mol. The van der Waals surface area contributed by atoms with Gasteiger partial charge in [0.15, 0.2) is 0 Å². The first-order valence-electron chi connectivity index (χ1n) is 10.5. The average Bonchev–Trinajstić information content (AvgIpc) is 2.68. The van der Waals surface area contributed by atoms with Gasteiger partial charge in [-0.05, 0) is 90.7 Å². The molecule has 2 aliphatic carbocycles. The van der Waals surface area contributed by atoms with Crippen LogP contribution in [0.1, 0.15) is 76.2 Å². The third kappa shape index (κ3) is 3.71. The highest BCUT2D eigenvalue weighted by molar-refractivity contribution is 5.84. The number of benzene rings is 2. The zero-order chi connectivity index (χ0) is 17.2. The molecule has 1 nitrogen and oxygen atoms in total. The fourth-order valence-corrected chi connectivity index (χ4v) is 5.50. The lowest BCUT2D eigenvalue weighted by atomic mass is 9.68. The van der Waals surface area contributed by atoms with Crippen LogP contribution in [0, 0.1) is 17.8 Å². The number of phenols is 1. The van der Waals surface area contributed by atoms with E-state index in [9.17, 15) is 5.11 Å². The second-order valence-electron chi connectivity index (χ2n) is 8.59. The Balaban J connectivity index is 1.38. The van der Waals surface area contributed by atoms with E-state index in [0.717, 1.165) is 29.1 Å². The second kappa shape index (κ2) is 7.40. The van der Waals surface area contributed by atoms with Gasteiger partial charge in [0.05, 0.1) is 0 Å². The lowest BCUT2D eigenvalue weighted by Gasteiger charge is -2.38. The average molecular weight is 337 g/mol. The largest absolute Gasteiger partial charge is 0.508 e. The highest BCUT2D eigenvalue weighted by atomic mass is 16.3. The molecule has 0 atom stereocenters. The summed E-state index contributed by atoms with van der Waals surface area (Å²) in [6, 6.07) is 12.5. The van der Waals surface area contributed by atoms with E-state index in [4.69, 9.17) is 0 Å². The topological polar surface area (TPSA) is 20.2 Å². The fraction of sp³-hybridized carbons (Fsp3) is 0.583. The Bertz CT molecular complexity index is 703. The van der Waals surface area contributed by atoms with Gasteiger partial charge in [0.1, 0.15) is 5.75 Å². The first kappa shape index (κ1) is 16.9. The third-order valence-electron chi connectivity index (χ3n) is 7.23. The van der Waals surface area contributed by atoms with E-state index in [1.165, 1.54) is 68.7 Å². The number of rotatable bonds is 3. The van der Waals surface area contributed by atoms with E-state index in [1.54, 1.807) is 6.07 Å². The summed E-state index contributed by atoms with van der Waals surface area (Å²) in [5.41, 5.74) is 1.51. The summed E-state index contributed by atoms with van der Waals surface area (Å²) in [5.74, 6) is 4.12. The number of hydrogen-bond acceptors (Lipinski definition) is 1. The molecule has 1 heteroatoms. The van der Waals surface area contributed by atoms with E-state index in [-0.39, 0.29) is 0 Å². The van der Waals surface area contributed by atoms with Crippen LogP contribution in [0.4, 0.5) is 0 Å². The van der Waals surface area contributed by atoms with Crippen molar-refractivity contribution in [3.63, 3.8) is 0 Å². The van der Waals surface area contributed by atoms with Crippen molar-refractivity contribution in [2.45, 2.75) is 70.6 Å². The normalized spacial score (nSPS) is 30.4. The maximum absolute atomic E-state index is 9.63. The molecule has 2 aromatic carbocycles. The first-order chi connectivity index (χ1) is 12.2. The van der Waals surface area contributed by atoms with Crippen molar-refractivity contribution in [1.29, 1.82) is 0 Å². The van der Waals surface area contributed by atoms with Crippen LogP contribution in [-0.4, -0.2) is 5.11 Å². The van der Waals surface area contributed by atoms with Crippen molar-refractivity contribution in [1.82, 2.24) is 0 Å². The summed E-state index contributed by atoms with van der Waals surface area (Å²) in [6.45, 7) is 2.36. The predicted octanol–water partition coefficient (Wildman–Crippen LogP) is 7.04. The Hall–Kier alpha value is -1.50. The highest BCUT2D eigenvalue weighted by Gasteiger charge is 2.30. The van der Waals surface area contributed by atoms with Crippen molar-refractivity contribution in [2.24, 2.45) is 17.8 Å². The van der Waals surface area contributed by atoms with Crippen LogP contribution in [0.3, 0.4) is 0 Å². The summed E-state index contributed by atoms with van der Waals surface area (Å²) in [6.07, 6.45) is 12.9. The first-order valence-corrected chi connectivity index (χ1v) is 10.5. The van der Waals surface area contributed by atoms with Crippen LogP contribution in [0.2, 0.25) is 0 Å². The number of fused-ring (bicyclic) bond motifs is 1. The van der Waals surface area contributed by atoms with Gasteiger partial charge >= 0.3 is 0 Å². The molecule has 4 rings (SSSR count). The SMILES string of the molecule is CCC1CCC(C2CCC(c3ccc4cc(O)ccc4c3)CC2)CC1. The van der Waals surface area contributed by atoms with Gasteiger partial charge in [-0.15, -0.1) is 0 Å². The van der Waals surface area contributed by atoms with Crippen LogP contribution < -0.4 is 0 Å². The van der Waals surface area contributed by atoms with E-state index in [1.807, 2.05) is 12.1 Å². The maximum atomic E-state index is 9.63. The zero-order valence-electron chi connectivity index (χ0n) is 15.6. The molecule has 2 fully saturated rings. The van der Waals surface area contributed by atoms with Gasteiger partial charge in [0.25, 0.3) is 0 Å². The van der Waals surface area contributed by atoms with Crippen LogP contribution >= 0.6 is 0 Å². The van der Waals surface area contributed by atoms with Crippen molar-refractivity contribution >= 4 is 10.8 Å². The fourth-order valence-electron chi connectivity index (χ4n) is 5.50. The molecular weight excluding hydrogens is 304 g/mol. The van der Waals surface area contributed by atoms with Crippen LogP contribution in [0.15, 0.2) is 36.4 Å². The summed E-state index contributed by atoms with van der Waals surface area (Å²) >= 11 is 0. The quantitative estimate of drug-likeness (QED) is 0.637. The molecule has 0 aromatic heterocycles. The minimum atomic E-state index is 0.360. The molecule has 0 spiro atoms. The molecule has 134 valence electrons. The van der Waals surface area contributed by atoms with Gasteiger partial charge in [-0.2, -0.15) is 0 Å². The Morgan fingerprint density at radius 2 is 1.36 bits per heavy atom. The van der Waals surface area contributed by atoms with Gasteiger partial charge in [-0.3, -0.25) is 0 Å². The third-order valence-corrected chi connectivity index (χ3v) is 7.23. The number of aromatic hydroxyl groups is 1.